The van der Waals surface area contributed by atoms with Gasteiger partial charge in [0.2, 0.25) is 0 Å². The lowest BCUT2D eigenvalue weighted by Gasteiger charge is -1.98. The largest absolute Gasteiger partial charge is 0.292 e. The number of hydrogen-bond acceptors (Lipinski definition) is 2. The Morgan fingerprint density at radius 2 is 1.65 bits per heavy atom. The van der Waals surface area contributed by atoms with Crippen LogP contribution in [0.1, 0.15) is 22.0 Å². The Balaban J connectivity index is 1.86. The highest BCUT2D eigenvalue weighted by molar-refractivity contribution is 6.02. The molecule has 2 heteroatoms. The van der Waals surface area contributed by atoms with E-state index in [9.17, 15) is 4.79 Å². The van der Waals surface area contributed by atoms with Crippen LogP contribution in [0.15, 0.2) is 60.7 Å². The molecule has 0 radical (unpaired) electrons. The van der Waals surface area contributed by atoms with Crippen molar-refractivity contribution in [3.8, 4) is 12.3 Å². The van der Waals surface area contributed by atoms with Crippen molar-refractivity contribution in [2.24, 2.45) is 0 Å². The molecule has 1 aliphatic rings. The molecule has 0 saturated carbocycles. The predicted molar refractivity (Wildman–Crippen MR) is 79.3 cm³/mol. The van der Waals surface area contributed by atoms with Crippen molar-refractivity contribution in [3.63, 3.8) is 0 Å². The maximum Gasteiger partial charge on any atom is 0.181 e. The van der Waals surface area contributed by atoms with Crippen molar-refractivity contribution in [1.29, 1.82) is 0 Å². The van der Waals surface area contributed by atoms with Gasteiger partial charge in [0.25, 0.3) is 0 Å². The van der Waals surface area contributed by atoms with E-state index in [-0.39, 0.29) is 17.9 Å². The molecule has 0 aliphatic carbocycles. The van der Waals surface area contributed by atoms with E-state index in [1.54, 1.807) is 0 Å². The highest BCUT2D eigenvalue weighted by Crippen LogP contribution is 2.44. The SMILES string of the molecule is C#CCN1C(C(=O)c2ccccc2)C1c1ccccc1. The first kappa shape index (κ1) is 12.7. The molecule has 3 rings (SSSR count). The molecule has 20 heavy (non-hydrogen) atoms. The summed E-state index contributed by atoms with van der Waals surface area (Å²) in [6.07, 6.45) is 5.41. The summed E-state index contributed by atoms with van der Waals surface area (Å²) in [7, 11) is 0. The van der Waals surface area contributed by atoms with E-state index in [1.165, 1.54) is 0 Å². The second-order valence-electron chi connectivity index (χ2n) is 4.91. The van der Waals surface area contributed by atoms with Crippen LogP contribution in [-0.2, 0) is 0 Å². The van der Waals surface area contributed by atoms with Crippen LogP contribution in [0.2, 0.25) is 0 Å². The highest BCUT2D eigenvalue weighted by Gasteiger charge is 2.52. The van der Waals surface area contributed by atoms with E-state index in [1.807, 2.05) is 60.7 Å². The minimum absolute atomic E-state index is 0.111. The summed E-state index contributed by atoms with van der Waals surface area (Å²) in [4.78, 5) is 14.6. The van der Waals surface area contributed by atoms with Gasteiger partial charge in [-0.05, 0) is 5.56 Å². The van der Waals surface area contributed by atoms with E-state index in [2.05, 4.69) is 10.8 Å². The van der Waals surface area contributed by atoms with Gasteiger partial charge in [0.15, 0.2) is 5.78 Å². The predicted octanol–water partition coefficient (Wildman–Crippen LogP) is 2.93. The van der Waals surface area contributed by atoms with E-state index >= 15 is 0 Å². The number of carbonyl (C=O) groups excluding carboxylic acids is 1. The molecule has 0 amide bonds. The third-order valence-corrected chi connectivity index (χ3v) is 3.67. The van der Waals surface area contributed by atoms with Gasteiger partial charge in [-0.15, -0.1) is 6.42 Å². The monoisotopic (exact) mass is 261 g/mol. The van der Waals surface area contributed by atoms with E-state index in [4.69, 9.17) is 6.42 Å². The molecule has 1 fully saturated rings. The number of nitrogens with zero attached hydrogens (tertiary/aromatic N) is 1. The summed E-state index contributed by atoms with van der Waals surface area (Å²) in [6.45, 7) is 0.503. The molecule has 2 aromatic carbocycles. The first-order valence-corrected chi connectivity index (χ1v) is 6.66. The molecule has 0 N–H and O–H groups in total. The number of ketones is 1. The maximum atomic E-state index is 12.6. The van der Waals surface area contributed by atoms with Crippen LogP contribution in [0.4, 0.5) is 0 Å². The quantitative estimate of drug-likeness (QED) is 0.479. The number of terminal acetylenes is 1. The minimum atomic E-state index is -0.129. The maximum absolute atomic E-state index is 12.6. The van der Waals surface area contributed by atoms with Crippen LogP contribution in [0.3, 0.4) is 0 Å². The molecular formula is C18H15NO. The van der Waals surface area contributed by atoms with Crippen molar-refractivity contribution in [2.45, 2.75) is 12.1 Å². The third kappa shape index (κ3) is 2.24. The number of carbonyl (C=O) groups is 1. The summed E-state index contributed by atoms with van der Waals surface area (Å²) >= 11 is 0. The first-order valence-electron chi connectivity index (χ1n) is 6.66. The van der Waals surface area contributed by atoms with Crippen molar-refractivity contribution in [3.05, 3.63) is 71.8 Å². The molecule has 3 atom stereocenters. The van der Waals surface area contributed by atoms with Crippen LogP contribution >= 0.6 is 0 Å². The second kappa shape index (κ2) is 5.32. The fourth-order valence-electron chi connectivity index (χ4n) is 2.67. The number of hydrogen-bond donors (Lipinski definition) is 0. The third-order valence-electron chi connectivity index (χ3n) is 3.67. The molecule has 1 saturated heterocycles. The molecule has 1 aliphatic heterocycles. The van der Waals surface area contributed by atoms with Crippen LogP contribution < -0.4 is 0 Å². The molecular weight excluding hydrogens is 246 g/mol. The standard InChI is InChI=1S/C18H15NO/c1-2-13-19-16(14-9-5-3-6-10-14)17(19)18(20)15-11-7-4-8-12-15/h1,3-12,16-17H,13H2. The Morgan fingerprint density at radius 3 is 2.25 bits per heavy atom. The topological polar surface area (TPSA) is 20.1 Å². The van der Waals surface area contributed by atoms with Crippen molar-refractivity contribution in [2.75, 3.05) is 6.54 Å². The average Bonchev–Trinajstić information content (AvgIpc) is 3.23. The minimum Gasteiger partial charge on any atom is -0.292 e. The highest BCUT2D eigenvalue weighted by atomic mass is 16.1. The molecule has 3 unspecified atom stereocenters. The van der Waals surface area contributed by atoms with Crippen LogP contribution in [0.5, 0.6) is 0 Å². The second-order valence-corrected chi connectivity index (χ2v) is 4.91. The zero-order chi connectivity index (χ0) is 13.9. The van der Waals surface area contributed by atoms with Gasteiger partial charge in [-0.3, -0.25) is 9.69 Å². The lowest BCUT2D eigenvalue weighted by molar-refractivity contribution is 0.0975. The Morgan fingerprint density at radius 1 is 1.05 bits per heavy atom. The van der Waals surface area contributed by atoms with Crippen LogP contribution in [-0.4, -0.2) is 23.3 Å². The summed E-state index contributed by atoms with van der Waals surface area (Å²) < 4.78 is 0. The van der Waals surface area contributed by atoms with Crippen molar-refractivity contribution >= 4 is 5.78 Å². The van der Waals surface area contributed by atoms with Gasteiger partial charge in [-0.2, -0.15) is 0 Å². The van der Waals surface area contributed by atoms with Crippen LogP contribution in [0.25, 0.3) is 0 Å². The van der Waals surface area contributed by atoms with Gasteiger partial charge in [-0.25, -0.2) is 0 Å². The smallest absolute Gasteiger partial charge is 0.181 e. The first-order chi connectivity index (χ1) is 9.83. The van der Waals surface area contributed by atoms with Gasteiger partial charge < -0.3 is 0 Å². The van der Waals surface area contributed by atoms with Crippen LogP contribution in [0, 0.1) is 12.3 Å². The zero-order valence-electron chi connectivity index (χ0n) is 11.1. The molecule has 2 aromatic rings. The molecule has 0 aromatic heterocycles. The van der Waals surface area contributed by atoms with E-state index in [0.29, 0.717) is 6.54 Å². The summed E-state index contributed by atoms with van der Waals surface area (Å²) in [5.74, 6) is 2.79. The Hall–Kier alpha value is -2.37. The summed E-state index contributed by atoms with van der Waals surface area (Å²) in [5.41, 5.74) is 1.90. The Labute approximate surface area is 119 Å². The molecule has 1 heterocycles. The number of rotatable bonds is 4. The van der Waals surface area contributed by atoms with Gasteiger partial charge in [0, 0.05) is 5.56 Å². The lowest BCUT2D eigenvalue weighted by atomic mass is 10.0. The van der Waals surface area contributed by atoms with E-state index in [0.717, 1.165) is 11.1 Å². The average molecular weight is 261 g/mol. The normalized spacial score (nSPS) is 23.9. The summed E-state index contributed by atoms with van der Waals surface area (Å²) in [6, 6.07) is 19.4. The lowest BCUT2D eigenvalue weighted by Crippen LogP contribution is -2.13. The van der Waals surface area contributed by atoms with E-state index < -0.39 is 0 Å². The number of Topliss-reactive ketones (excluding diaryl/α,β-unsaturated/α-hetero) is 1. The Kier molecular flexibility index (Phi) is 3.37. The fraction of sp³-hybridized carbons (Fsp3) is 0.167. The fourth-order valence-corrected chi connectivity index (χ4v) is 2.67. The molecule has 98 valence electrons. The van der Waals surface area contributed by atoms with Gasteiger partial charge >= 0.3 is 0 Å². The molecule has 0 bridgehead atoms. The molecule has 0 spiro atoms. The van der Waals surface area contributed by atoms with Crippen molar-refractivity contribution in [1.82, 2.24) is 4.90 Å². The van der Waals surface area contributed by atoms with Crippen molar-refractivity contribution < 1.29 is 4.79 Å². The molecule has 2 nitrogen and oxygen atoms in total. The Bertz CT molecular complexity index is 642. The zero-order valence-corrected chi connectivity index (χ0v) is 11.1. The van der Waals surface area contributed by atoms with Gasteiger partial charge in [0.05, 0.1) is 18.6 Å². The summed E-state index contributed by atoms with van der Waals surface area (Å²) in [5, 5.41) is 0. The van der Waals surface area contributed by atoms with Gasteiger partial charge in [-0.1, -0.05) is 66.6 Å². The number of benzene rings is 2. The van der Waals surface area contributed by atoms with Gasteiger partial charge in [0.1, 0.15) is 0 Å².